The lowest BCUT2D eigenvalue weighted by Gasteiger charge is -2.25. The number of carbonyl (C=O) groups excluding carboxylic acids is 2. The van der Waals surface area contributed by atoms with Gasteiger partial charge in [0.1, 0.15) is 17.7 Å². The first kappa shape index (κ1) is 22.8. The fourth-order valence-corrected chi connectivity index (χ4v) is 2.86. The second-order valence-corrected chi connectivity index (χ2v) is 6.08. The fourth-order valence-electron chi connectivity index (χ4n) is 2.86. The third-order valence-electron chi connectivity index (χ3n) is 4.10. The topological polar surface area (TPSA) is 97.1 Å². The van der Waals surface area contributed by atoms with Crippen LogP contribution in [0, 0.1) is 5.82 Å². The number of hydrogen-bond acceptors (Lipinski definition) is 4. The van der Waals surface area contributed by atoms with Crippen molar-refractivity contribution in [2.75, 3.05) is 5.32 Å². The number of fused-ring (bicyclic) bond motifs is 1. The smallest absolute Gasteiger partial charge is 0.248 e. The number of nitrogens with one attached hydrogen (secondary N) is 2. The molecule has 1 aliphatic heterocycles. The number of rotatable bonds is 5. The van der Waals surface area contributed by atoms with Gasteiger partial charge in [-0.3, -0.25) is 9.59 Å². The van der Waals surface area contributed by atoms with Gasteiger partial charge in [-0.25, -0.2) is 9.37 Å². The second kappa shape index (κ2) is 10.2. The maximum absolute atomic E-state index is 13.6. The number of amides is 2. The van der Waals surface area contributed by atoms with E-state index in [9.17, 15) is 14.0 Å². The van der Waals surface area contributed by atoms with Crippen LogP contribution in [0.5, 0.6) is 0 Å². The number of aromatic nitrogens is 1. The van der Waals surface area contributed by atoms with Gasteiger partial charge in [-0.2, -0.15) is 0 Å². The first-order valence-electron chi connectivity index (χ1n) is 8.06. The summed E-state index contributed by atoms with van der Waals surface area (Å²) >= 11 is 0. The molecule has 146 valence electrons. The Bertz CT molecular complexity index is 806. The van der Waals surface area contributed by atoms with Crippen molar-refractivity contribution in [1.82, 2.24) is 10.3 Å². The summed E-state index contributed by atoms with van der Waals surface area (Å²) < 4.78 is 13.6. The minimum atomic E-state index is -0.662. The van der Waals surface area contributed by atoms with E-state index in [1.54, 1.807) is 30.5 Å². The van der Waals surface area contributed by atoms with Gasteiger partial charge in [-0.15, -0.1) is 24.8 Å². The standard InChI is InChI=1S/C18H19FN4O2.2ClH/c19-14-6-2-1-4-11(14)8-13(20)10-16(24)22-15-9-12-5-3-7-21-17(12)23-18(15)25;;/h1-7,13,15H,8-10,20H2,(H,22,24)(H,21,23,25);2*1H. The summed E-state index contributed by atoms with van der Waals surface area (Å²) in [7, 11) is 0. The molecule has 0 saturated carbocycles. The molecule has 0 bridgehead atoms. The van der Waals surface area contributed by atoms with Crippen LogP contribution < -0.4 is 16.4 Å². The maximum Gasteiger partial charge on any atom is 0.248 e. The summed E-state index contributed by atoms with van der Waals surface area (Å²) in [5.41, 5.74) is 7.29. The highest BCUT2D eigenvalue weighted by Gasteiger charge is 2.28. The average molecular weight is 415 g/mol. The van der Waals surface area contributed by atoms with Crippen molar-refractivity contribution in [2.45, 2.75) is 31.3 Å². The third-order valence-corrected chi connectivity index (χ3v) is 4.10. The Hall–Kier alpha value is -2.22. The van der Waals surface area contributed by atoms with Crippen LogP contribution in [0.3, 0.4) is 0 Å². The largest absolute Gasteiger partial charge is 0.344 e. The first-order valence-corrected chi connectivity index (χ1v) is 8.06. The van der Waals surface area contributed by atoms with Crippen molar-refractivity contribution in [3.63, 3.8) is 0 Å². The van der Waals surface area contributed by atoms with E-state index < -0.39 is 12.1 Å². The molecule has 1 aliphatic rings. The highest BCUT2D eigenvalue weighted by molar-refractivity contribution is 5.99. The first-order chi connectivity index (χ1) is 12.0. The van der Waals surface area contributed by atoms with Crippen LogP contribution in [-0.2, 0) is 22.4 Å². The van der Waals surface area contributed by atoms with Gasteiger partial charge in [0, 0.05) is 25.1 Å². The van der Waals surface area contributed by atoms with Crippen molar-refractivity contribution in [2.24, 2.45) is 5.73 Å². The van der Waals surface area contributed by atoms with E-state index in [1.807, 2.05) is 6.07 Å². The van der Waals surface area contributed by atoms with Gasteiger partial charge in [-0.1, -0.05) is 24.3 Å². The van der Waals surface area contributed by atoms with Gasteiger partial charge in [-0.05, 0) is 29.7 Å². The molecule has 27 heavy (non-hydrogen) atoms. The molecule has 2 atom stereocenters. The number of pyridine rings is 1. The Labute approximate surface area is 168 Å². The average Bonchev–Trinajstić information content (AvgIpc) is 2.57. The lowest BCUT2D eigenvalue weighted by atomic mass is 10.0. The molecule has 4 N–H and O–H groups in total. The van der Waals surface area contributed by atoms with Crippen molar-refractivity contribution in [3.8, 4) is 0 Å². The van der Waals surface area contributed by atoms with E-state index in [2.05, 4.69) is 15.6 Å². The molecule has 9 heteroatoms. The number of nitrogens with zero attached hydrogens (tertiary/aromatic N) is 1. The van der Waals surface area contributed by atoms with Gasteiger partial charge < -0.3 is 16.4 Å². The zero-order chi connectivity index (χ0) is 17.8. The monoisotopic (exact) mass is 414 g/mol. The van der Waals surface area contributed by atoms with Crippen molar-refractivity contribution in [1.29, 1.82) is 0 Å². The summed E-state index contributed by atoms with van der Waals surface area (Å²) in [6.07, 6.45) is 2.24. The molecule has 1 aromatic heterocycles. The Balaban J connectivity index is 0.00000182. The van der Waals surface area contributed by atoms with E-state index in [1.165, 1.54) is 6.07 Å². The van der Waals surface area contributed by atoms with Crippen molar-refractivity contribution < 1.29 is 14.0 Å². The van der Waals surface area contributed by atoms with Crippen molar-refractivity contribution in [3.05, 3.63) is 59.5 Å². The molecule has 0 radical (unpaired) electrons. The molecule has 0 saturated heterocycles. The Morgan fingerprint density at radius 1 is 1.30 bits per heavy atom. The highest BCUT2D eigenvalue weighted by atomic mass is 35.5. The van der Waals surface area contributed by atoms with Crippen LogP contribution in [0.15, 0.2) is 42.6 Å². The SMILES string of the molecule is Cl.Cl.NC(CC(=O)NC1Cc2cccnc2NC1=O)Cc1ccccc1F. The van der Waals surface area contributed by atoms with Crippen LogP contribution in [0.1, 0.15) is 17.5 Å². The summed E-state index contributed by atoms with van der Waals surface area (Å²) in [6, 6.07) is 8.77. The van der Waals surface area contributed by atoms with Crippen LogP contribution in [0.25, 0.3) is 0 Å². The summed E-state index contributed by atoms with van der Waals surface area (Å²) in [5.74, 6) is -0.457. The summed E-state index contributed by atoms with van der Waals surface area (Å²) in [5, 5.41) is 5.36. The molecular formula is C18H21Cl2FN4O2. The maximum atomic E-state index is 13.6. The molecule has 3 rings (SSSR count). The minimum absolute atomic E-state index is 0. The molecule has 1 aromatic carbocycles. The van der Waals surface area contributed by atoms with Gasteiger partial charge in [0.25, 0.3) is 0 Å². The van der Waals surface area contributed by atoms with Crippen LogP contribution in [0.4, 0.5) is 10.2 Å². The fraction of sp³-hybridized carbons (Fsp3) is 0.278. The van der Waals surface area contributed by atoms with Gasteiger partial charge in [0.15, 0.2) is 0 Å². The molecule has 0 fully saturated rings. The van der Waals surface area contributed by atoms with Gasteiger partial charge in [0.2, 0.25) is 11.8 Å². The zero-order valence-corrected chi connectivity index (χ0v) is 16.0. The normalized spacial score (nSPS) is 16.1. The molecule has 2 unspecified atom stereocenters. The quantitative estimate of drug-likeness (QED) is 0.696. The lowest BCUT2D eigenvalue weighted by molar-refractivity contribution is -0.126. The number of hydrogen-bond donors (Lipinski definition) is 3. The van der Waals surface area contributed by atoms with E-state index in [4.69, 9.17) is 5.73 Å². The van der Waals surface area contributed by atoms with E-state index in [0.29, 0.717) is 17.8 Å². The van der Waals surface area contributed by atoms with E-state index in [0.717, 1.165) is 5.56 Å². The van der Waals surface area contributed by atoms with E-state index >= 15 is 0 Å². The Morgan fingerprint density at radius 2 is 2.04 bits per heavy atom. The van der Waals surface area contributed by atoms with Crippen LogP contribution in [-0.4, -0.2) is 28.9 Å². The Kier molecular flexibility index (Phi) is 8.62. The molecule has 0 aliphatic carbocycles. The number of benzene rings is 1. The van der Waals surface area contributed by atoms with Crippen molar-refractivity contribution >= 4 is 42.4 Å². The number of anilines is 1. The van der Waals surface area contributed by atoms with Crippen LogP contribution in [0.2, 0.25) is 0 Å². The number of halogens is 3. The summed E-state index contributed by atoms with van der Waals surface area (Å²) in [4.78, 5) is 28.3. The van der Waals surface area contributed by atoms with Gasteiger partial charge in [0.05, 0.1) is 0 Å². The zero-order valence-electron chi connectivity index (χ0n) is 14.4. The van der Waals surface area contributed by atoms with E-state index in [-0.39, 0.29) is 55.3 Å². The predicted molar refractivity (Wildman–Crippen MR) is 106 cm³/mol. The lowest BCUT2D eigenvalue weighted by Crippen LogP contribution is -2.49. The second-order valence-electron chi connectivity index (χ2n) is 6.08. The number of carbonyl (C=O) groups is 2. The molecule has 2 heterocycles. The third kappa shape index (κ3) is 5.89. The number of nitrogens with two attached hydrogens (primary N) is 1. The molecule has 2 amide bonds. The van der Waals surface area contributed by atoms with Crippen LogP contribution >= 0.6 is 24.8 Å². The predicted octanol–water partition coefficient (Wildman–Crippen LogP) is 2.00. The minimum Gasteiger partial charge on any atom is -0.344 e. The molecule has 2 aromatic rings. The molecule has 6 nitrogen and oxygen atoms in total. The molecule has 0 spiro atoms. The Morgan fingerprint density at radius 3 is 2.78 bits per heavy atom. The summed E-state index contributed by atoms with van der Waals surface area (Å²) in [6.45, 7) is 0. The highest BCUT2D eigenvalue weighted by Crippen LogP contribution is 2.19. The van der Waals surface area contributed by atoms with Gasteiger partial charge >= 0.3 is 0 Å². The molecular weight excluding hydrogens is 394 g/mol.